The zero-order valence-corrected chi connectivity index (χ0v) is 11.0. The highest BCUT2D eigenvalue weighted by Crippen LogP contribution is 2.25. The Morgan fingerprint density at radius 2 is 1.50 bits per heavy atom. The van der Waals surface area contributed by atoms with E-state index in [2.05, 4.69) is 22.4 Å². The van der Waals surface area contributed by atoms with Crippen molar-refractivity contribution in [2.75, 3.05) is 5.32 Å². The number of nitrogens with zero attached hydrogens (tertiary/aromatic N) is 1. The molecule has 3 heteroatoms. The highest BCUT2D eigenvalue weighted by molar-refractivity contribution is 5.99. The van der Waals surface area contributed by atoms with Crippen molar-refractivity contribution in [1.82, 2.24) is 0 Å². The lowest BCUT2D eigenvalue weighted by Crippen LogP contribution is -2.21. The van der Waals surface area contributed by atoms with Gasteiger partial charge in [0.2, 0.25) is 0 Å². The maximum atomic E-state index is 5.97. The van der Waals surface area contributed by atoms with E-state index in [4.69, 9.17) is 5.73 Å². The van der Waals surface area contributed by atoms with Gasteiger partial charge in [-0.1, -0.05) is 54.6 Å². The van der Waals surface area contributed by atoms with Gasteiger partial charge in [0.1, 0.15) is 0 Å². The van der Waals surface area contributed by atoms with Gasteiger partial charge in [0.15, 0.2) is 5.96 Å². The molecule has 0 amide bonds. The molecule has 0 atom stereocenters. The van der Waals surface area contributed by atoms with Crippen molar-refractivity contribution in [2.24, 2.45) is 10.7 Å². The minimum atomic E-state index is 0.382. The van der Waals surface area contributed by atoms with E-state index in [1.54, 1.807) is 0 Å². The monoisotopic (exact) mass is 261 g/mol. The van der Waals surface area contributed by atoms with Crippen LogP contribution in [0.1, 0.15) is 0 Å². The number of para-hydroxylation sites is 1. The van der Waals surface area contributed by atoms with Crippen LogP contribution < -0.4 is 11.1 Å². The number of hydrogen-bond donors (Lipinski definition) is 2. The Hall–Kier alpha value is -2.81. The SMILES string of the molecule is NC(=Nc1cccc2ccccc12)Nc1ccccc1. The average molecular weight is 261 g/mol. The molecule has 0 aliphatic rings. The molecule has 0 unspecified atom stereocenters. The number of aliphatic imine (C=N–C) groups is 1. The summed E-state index contributed by atoms with van der Waals surface area (Å²) in [4.78, 5) is 4.47. The molecule has 3 rings (SSSR count). The van der Waals surface area contributed by atoms with E-state index >= 15 is 0 Å². The Morgan fingerprint density at radius 1 is 0.800 bits per heavy atom. The molecule has 0 spiro atoms. The van der Waals surface area contributed by atoms with Crippen LogP contribution in [-0.4, -0.2) is 5.96 Å². The normalized spacial score (nSPS) is 11.5. The predicted molar refractivity (Wildman–Crippen MR) is 85.3 cm³/mol. The summed E-state index contributed by atoms with van der Waals surface area (Å²) in [5, 5.41) is 5.33. The minimum Gasteiger partial charge on any atom is -0.369 e. The third kappa shape index (κ3) is 2.62. The third-order valence-electron chi connectivity index (χ3n) is 3.05. The van der Waals surface area contributed by atoms with Crippen molar-refractivity contribution in [1.29, 1.82) is 0 Å². The lowest BCUT2D eigenvalue weighted by Gasteiger charge is -2.06. The quantitative estimate of drug-likeness (QED) is 0.543. The first-order valence-electron chi connectivity index (χ1n) is 6.47. The highest BCUT2D eigenvalue weighted by atomic mass is 15.1. The van der Waals surface area contributed by atoms with E-state index in [-0.39, 0.29) is 0 Å². The number of rotatable bonds is 2. The molecule has 3 aromatic rings. The van der Waals surface area contributed by atoms with Gasteiger partial charge < -0.3 is 11.1 Å². The van der Waals surface area contributed by atoms with Crippen LogP contribution in [-0.2, 0) is 0 Å². The second-order valence-corrected chi connectivity index (χ2v) is 4.49. The molecule has 0 saturated carbocycles. The fourth-order valence-corrected chi connectivity index (χ4v) is 2.13. The van der Waals surface area contributed by atoms with Gasteiger partial charge in [-0.05, 0) is 23.6 Å². The Labute approximate surface area is 117 Å². The molecule has 0 aromatic heterocycles. The predicted octanol–water partition coefficient (Wildman–Crippen LogP) is 3.90. The summed E-state index contributed by atoms with van der Waals surface area (Å²) >= 11 is 0. The van der Waals surface area contributed by atoms with E-state index < -0.39 is 0 Å². The van der Waals surface area contributed by atoms with Crippen molar-refractivity contribution in [3.05, 3.63) is 72.8 Å². The Balaban J connectivity index is 1.93. The first-order chi connectivity index (χ1) is 9.83. The van der Waals surface area contributed by atoms with Crippen molar-refractivity contribution >= 4 is 28.1 Å². The van der Waals surface area contributed by atoms with E-state index in [0.717, 1.165) is 22.1 Å². The first kappa shape index (κ1) is 12.2. The average Bonchev–Trinajstić information content (AvgIpc) is 2.48. The van der Waals surface area contributed by atoms with Crippen LogP contribution in [0.15, 0.2) is 77.8 Å². The smallest absolute Gasteiger partial charge is 0.198 e. The number of benzene rings is 3. The van der Waals surface area contributed by atoms with Crippen LogP contribution in [0.3, 0.4) is 0 Å². The largest absolute Gasteiger partial charge is 0.369 e. The van der Waals surface area contributed by atoms with Gasteiger partial charge in [0.05, 0.1) is 5.69 Å². The van der Waals surface area contributed by atoms with Gasteiger partial charge in [-0.15, -0.1) is 0 Å². The topological polar surface area (TPSA) is 50.4 Å². The standard InChI is InChI=1S/C17H15N3/c18-17(19-14-9-2-1-3-10-14)20-16-12-6-8-13-7-4-5-11-15(13)16/h1-12H,(H3,18,19,20). The number of nitrogens with two attached hydrogens (primary N) is 1. The molecule has 0 aliphatic heterocycles. The number of guanidine groups is 1. The van der Waals surface area contributed by atoms with Crippen LogP contribution in [0.2, 0.25) is 0 Å². The van der Waals surface area contributed by atoms with Gasteiger partial charge >= 0.3 is 0 Å². The maximum Gasteiger partial charge on any atom is 0.198 e. The number of hydrogen-bond acceptors (Lipinski definition) is 1. The lowest BCUT2D eigenvalue weighted by molar-refractivity contribution is 1.46. The zero-order chi connectivity index (χ0) is 13.8. The fourth-order valence-electron chi connectivity index (χ4n) is 2.13. The Bertz CT molecular complexity index is 743. The molecule has 98 valence electrons. The first-order valence-corrected chi connectivity index (χ1v) is 6.47. The summed E-state index contributed by atoms with van der Waals surface area (Å²) < 4.78 is 0. The molecule has 0 heterocycles. The van der Waals surface area contributed by atoms with Crippen LogP contribution in [0.5, 0.6) is 0 Å². The van der Waals surface area contributed by atoms with Crippen LogP contribution in [0.25, 0.3) is 10.8 Å². The second-order valence-electron chi connectivity index (χ2n) is 4.49. The van der Waals surface area contributed by atoms with E-state index in [1.807, 2.05) is 60.7 Å². The van der Waals surface area contributed by atoms with E-state index in [0.29, 0.717) is 5.96 Å². The maximum absolute atomic E-state index is 5.97. The second kappa shape index (κ2) is 5.45. The van der Waals surface area contributed by atoms with Gasteiger partial charge in [0.25, 0.3) is 0 Å². The molecule has 0 radical (unpaired) electrons. The van der Waals surface area contributed by atoms with E-state index in [9.17, 15) is 0 Å². The van der Waals surface area contributed by atoms with Gasteiger partial charge in [-0.3, -0.25) is 0 Å². The molecule has 0 bridgehead atoms. The Kier molecular flexibility index (Phi) is 3.33. The van der Waals surface area contributed by atoms with Gasteiger partial charge in [-0.2, -0.15) is 0 Å². The highest BCUT2D eigenvalue weighted by Gasteiger charge is 2.00. The summed E-state index contributed by atoms with van der Waals surface area (Å²) in [6.07, 6.45) is 0. The summed E-state index contributed by atoms with van der Waals surface area (Å²) in [5.74, 6) is 0.382. The van der Waals surface area contributed by atoms with Crippen LogP contribution >= 0.6 is 0 Å². The molecule has 3 aromatic carbocycles. The molecule has 3 nitrogen and oxygen atoms in total. The molecule has 3 N–H and O–H groups in total. The molecular formula is C17H15N3. The summed E-state index contributed by atoms with van der Waals surface area (Å²) in [5.41, 5.74) is 7.76. The van der Waals surface area contributed by atoms with Gasteiger partial charge in [-0.25, -0.2) is 4.99 Å². The van der Waals surface area contributed by atoms with Crippen molar-refractivity contribution in [3.8, 4) is 0 Å². The minimum absolute atomic E-state index is 0.382. The molecule has 0 saturated heterocycles. The summed E-state index contributed by atoms with van der Waals surface area (Å²) in [6.45, 7) is 0. The van der Waals surface area contributed by atoms with Crippen LogP contribution in [0.4, 0.5) is 11.4 Å². The van der Waals surface area contributed by atoms with Crippen molar-refractivity contribution in [2.45, 2.75) is 0 Å². The lowest BCUT2D eigenvalue weighted by atomic mass is 10.1. The molecule has 0 aliphatic carbocycles. The molecule has 20 heavy (non-hydrogen) atoms. The Morgan fingerprint density at radius 3 is 2.35 bits per heavy atom. The van der Waals surface area contributed by atoms with Crippen LogP contribution in [0, 0.1) is 0 Å². The van der Waals surface area contributed by atoms with Gasteiger partial charge in [0, 0.05) is 11.1 Å². The fraction of sp³-hybridized carbons (Fsp3) is 0. The molecule has 0 fully saturated rings. The van der Waals surface area contributed by atoms with Crippen molar-refractivity contribution < 1.29 is 0 Å². The number of anilines is 1. The number of nitrogens with one attached hydrogen (secondary N) is 1. The third-order valence-corrected chi connectivity index (χ3v) is 3.05. The van der Waals surface area contributed by atoms with E-state index in [1.165, 1.54) is 0 Å². The number of fused-ring (bicyclic) bond motifs is 1. The molecular weight excluding hydrogens is 246 g/mol. The zero-order valence-electron chi connectivity index (χ0n) is 11.0. The summed E-state index contributed by atoms with van der Waals surface area (Å²) in [6, 6.07) is 23.9. The summed E-state index contributed by atoms with van der Waals surface area (Å²) in [7, 11) is 0. The van der Waals surface area contributed by atoms with Crippen molar-refractivity contribution in [3.63, 3.8) is 0 Å².